The molecular weight excluding hydrogens is 546 g/mol. The Morgan fingerprint density at radius 3 is 0.793 bits per heavy atom. The minimum atomic E-state index is -0.856. The SMILES string of the molecule is C1CCOC1.C1CCOC1.C[Si](C)(C)[CH-][Si](C)(C)C.[CH]1[CH][CH][CH][CH][CH][CH][CH]1.[Li].[Lu]. The van der Waals surface area contributed by atoms with Crippen LogP contribution in [0.4, 0.5) is 0 Å². The van der Waals surface area contributed by atoms with Crippen molar-refractivity contribution in [2.75, 3.05) is 26.4 Å². The van der Waals surface area contributed by atoms with E-state index in [0.717, 1.165) is 26.4 Å². The van der Waals surface area contributed by atoms with E-state index in [1.807, 2.05) is 51.4 Å². The Labute approximate surface area is 227 Å². The van der Waals surface area contributed by atoms with Crippen molar-refractivity contribution in [3.63, 3.8) is 0 Å². The predicted molar refractivity (Wildman–Crippen MR) is 131 cm³/mol. The molecule has 3 fully saturated rings. The fourth-order valence-electron chi connectivity index (χ4n) is 2.83. The van der Waals surface area contributed by atoms with Gasteiger partial charge in [-0.1, -0.05) is 39.3 Å². The Hall–Kier alpha value is 2.18. The molecule has 1 aliphatic carbocycles. The quantitative estimate of drug-likeness (QED) is 0.300. The zero-order valence-electron chi connectivity index (χ0n) is 19.9. The van der Waals surface area contributed by atoms with E-state index >= 15 is 0 Å². The molecule has 10 radical (unpaired) electrons. The molecule has 0 aromatic carbocycles. The van der Waals surface area contributed by atoms with E-state index < -0.39 is 16.1 Å². The zero-order valence-corrected chi connectivity index (χ0v) is 23.6. The third kappa shape index (κ3) is 35.0. The second-order valence-corrected chi connectivity index (χ2v) is 19.7. The van der Waals surface area contributed by atoms with Gasteiger partial charge < -0.3 is 15.1 Å². The van der Waals surface area contributed by atoms with Gasteiger partial charge in [-0.2, -0.15) is 0 Å². The van der Waals surface area contributed by atoms with E-state index in [4.69, 9.17) is 9.47 Å². The van der Waals surface area contributed by atoms with Crippen molar-refractivity contribution in [1.29, 1.82) is 0 Å². The normalized spacial score (nSPS) is 19.2. The first kappa shape index (κ1) is 35.8. The topological polar surface area (TPSA) is 18.5 Å². The van der Waals surface area contributed by atoms with Crippen molar-refractivity contribution >= 4 is 35.0 Å². The Kier molecular flexibility index (Phi) is 28.8. The summed E-state index contributed by atoms with van der Waals surface area (Å²) in [6.07, 6.45) is 21.1. The summed E-state index contributed by atoms with van der Waals surface area (Å²) in [6.45, 7) is 18.4. The molecule has 0 unspecified atom stereocenters. The number of rotatable bonds is 2. The van der Waals surface area contributed by atoms with Crippen molar-refractivity contribution in [1.82, 2.24) is 0 Å². The van der Waals surface area contributed by atoms with Crippen molar-refractivity contribution in [3.05, 3.63) is 57.0 Å². The van der Waals surface area contributed by atoms with Gasteiger partial charge in [0, 0.05) is 82.2 Å². The van der Waals surface area contributed by atoms with Crippen LogP contribution < -0.4 is 0 Å². The molecule has 0 aromatic heterocycles. The molecule has 3 rings (SSSR count). The summed E-state index contributed by atoms with van der Waals surface area (Å²) in [6, 6.07) is 0. The standard InChI is InChI=1S/C8H8.C7H19Si2.2C4H8O.Li.Lu/c1-2-4-6-8-7-5-3-1;1-8(2,3)7-9(4,5)6;2*1-2-4-5-3-1;;/h1-8H;7H,1-6H3;2*1-4H2;;/q;-1;;;;. The maximum atomic E-state index is 4.94. The Morgan fingerprint density at radius 1 is 0.517 bits per heavy atom. The second kappa shape index (κ2) is 23.3. The average molecular weight is 590 g/mol. The van der Waals surface area contributed by atoms with Gasteiger partial charge in [-0.15, -0.1) is 16.1 Å². The van der Waals surface area contributed by atoms with Crippen LogP contribution >= 0.6 is 0 Å². The smallest absolute Gasteiger partial charge is 0.0466 e. The van der Waals surface area contributed by atoms with Gasteiger partial charge >= 0.3 is 0 Å². The van der Waals surface area contributed by atoms with E-state index in [-0.39, 0.29) is 55.7 Å². The number of hydrogen-bond acceptors (Lipinski definition) is 2. The van der Waals surface area contributed by atoms with Crippen molar-refractivity contribution < 1.29 is 46.3 Å². The van der Waals surface area contributed by atoms with Crippen molar-refractivity contribution in [2.24, 2.45) is 0 Å². The van der Waals surface area contributed by atoms with Crippen LogP contribution in [-0.2, 0) is 9.47 Å². The molecule has 0 spiro atoms. The molecule has 1 saturated carbocycles. The van der Waals surface area contributed by atoms with Crippen LogP contribution in [0.3, 0.4) is 0 Å². The third-order valence-electron chi connectivity index (χ3n) is 3.41. The van der Waals surface area contributed by atoms with E-state index in [2.05, 4.69) is 44.9 Å². The summed E-state index contributed by atoms with van der Waals surface area (Å²) in [5, 5.41) is 0. The van der Waals surface area contributed by atoms with Crippen LogP contribution in [0.25, 0.3) is 0 Å². The van der Waals surface area contributed by atoms with Crippen LogP contribution in [0.15, 0.2) is 0 Å². The summed E-state index contributed by atoms with van der Waals surface area (Å²) in [4.78, 5) is 0. The molecule has 2 aliphatic heterocycles. The monoisotopic (exact) mass is 589 g/mol. The van der Waals surface area contributed by atoms with Gasteiger partial charge in [-0.3, -0.25) is 0 Å². The van der Waals surface area contributed by atoms with Crippen LogP contribution in [0, 0.1) is 93.9 Å². The van der Waals surface area contributed by atoms with Gasteiger partial charge in [0.25, 0.3) is 0 Å². The summed E-state index contributed by atoms with van der Waals surface area (Å²) in [5.41, 5.74) is 2.65. The molecule has 29 heavy (non-hydrogen) atoms. The van der Waals surface area contributed by atoms with Gasteiger partial charge in [0.2, 0.25) is 0 Å². The first-order valence-electron chi connectivity index (χ1n) is 10.4. The minimum absolute atomic E-state index is 0. The van der Waals surface area contributed by atoms with Crippen molar-refractivity contribution in [3.8, 4) is 0 Å². The number of hydrogen-bond donors (Lipinski definition) is 0. The molecule has 0 atom stereocenters. The number of ether oxygens (including phenoxy) is 2. The van der Waals surface area contributed by atoms with Crippen LogP contribution in [0.1, 0.15) is 25.7 Å². The van der Waals surface area contributed by atoms with Gasteiger partial charge in [-0.05, 0) is 77.0 Å². The molecule has 0 N–H and O–H groups in total. The summed E-state index contributed by atoms with van der Waals surface area (Å²) < 4.78 is 9.89. The van der Waals surface area contributed by atoms with E-state index in [1.165, 1.54) is 25.7 Å². The first-order chi connectivity index (χ1) is 12.7. The fourth-order valence-corrected chi connectivity index (χ4v) is 13.2. The van der Waals surface area contributed by atoms with Crippen LogP contribution in [0.2, 0.25) is 39.3 Å². The Bertz CT molecular complexity index is 252. The first-order valence-corrected chi connectivity index (χ1v) is 17.6. The molecule has 2 heterocycles. The maximum absolute atomic E-state index is 4.94. The van der Waals surface area contributed by atoms with Gasteiger partial charge in [-0.25, -0.2) is 0 Å². The van der Waals surface area contributed by atoms with Gasteiger partial charge in [0.05, 0.1) is 0 Å². The molecule has 0 aromatic rings. The van der Waals surface area contributed by atoms with E-state index in [9.17, 15) is 0 Å². The second-order valence-electron chi connectivity index (χ2n) is 9.05. The Balaban J connectivity index is -0.000000311. The molecular formula is C23H43LiLuO2Si2-. The molecule has 0 amide bonds. The zero-order chi connectivity index (χ0) is 20.4. The van der Waals surface area contributed by atoms with Gasteiger partial charge in [0.1, 0.15) is 0 Å². The van der Waals surface area contributed by atoms with Gasteiger partial charge in [0.15, 0.2) is 0 Å². The van der Waals surface area contributed by atoms with Crippen molar-refractivity contribution in [2.45, 2.75) is 65.0 Å². The average Bonchev–Trinajstić information content (AvgIpc) is 3.23. The fraction of sp³-hybridized carbons (Fsp3) is 0.609. The molecule has 2 saturated heterocycles. The largest absolute Gasteiger partial charge is 0.381 e. The Morgan fingerprint density at radius 2 is 0.724 bits per heavy atom. The van der Waals surface area contributed by atoms with E-state index in [1.54, 1.807) is 0 Å². The van der Waals surface area contributed by atoms with Crippen LogP contribution in [-0.4, -0.2) is 61.4 Å². The summed E-state index contributed by atoms with van der Waals surface area (Å²) in [7, 11) is -1.71. The van der Waals surface area contributed by atoms with Crippen LogP contribution in [0.5, 0.6) is 0 Å². The molecule has 2 nitrogen and oxygen atoms in total. The molecule has 3 aliphatic rings. The van der Waals surface area contributed by atoms with E-state index in [0.29, 0.717) is 0 Å². The minimum Gasteiger partial charge on any atom is -0.381 e. The summed E-state index contributed by atoms with van der Waals surface area (Å²) >= 11 is 0. The molecule has 0 bridgehead atoms. The molecule has 172 valence electrons. The maximum Gasteiger partial charge on any atom is 0.0466 e. The summed E-state index contributed by atoms with van der Waals surface area (Å²) in [5.74, 6) is 0. The molecule has 6 heteroatoms. The third-order valence-corrected chi connectivity index (χ3v) is 10.3. The predicted octanol–water partition coefficient (Wildman–Crippen LogP) is 5.79.